The van der Waals surface area contributed by atoms with E-state index in [1.807, 2.05) is 11.9 Å². The molecule has 0 aromatic rings. The molecular formula is C9H15F2N. The second-order valence-electron chi connectivity index (χ2n) is 4.20. The Bertz CT molecular complexity index is 177. The summed E-state index contributed by atoms with van der Waals surface area (Å²) in [5, 5.41) is 0. The number of nitrogens with zero attached hydrogens (tertiary/aromatic N) is 1. The summed E-state index contributed by atoms with van der Waals surface area (Å²) in [6.45, 7) is 1.43. The smallest absolute Gasteiger partial charge is 0.254 e. The van der Waals surface area contributed by atoms with Crippen molar-refractivity contribution >= 4 is 0 Å². The van der Waals surface area contributed by atoms with E-state index in [0.29, 0.717) is 13.0 Å². The molecule has 0 aromatic heterocycles. The van der Waals surface area contributed by atoms with Gasteiger partial charge in [0.05, 0.1) is 0 Å². The Kier molecular flexibility index (Phi) is 1.86. The third kappa shape index (κ3) is 1.35. The molecule has 1 unspecified atom stereocenters. The zero-order valence-electron chi connectivity index (χ0n) is 7.39. The standard InChI is InChI=1S/C9H15F2N/c1-12-5-4-8(6-12)9(10,11)7-2-3-7/h7-8H,2-6H2,1H3. The van der Waals surface area contributed by atoms with Crippen LogP contribution in [-0.2, 0) is 0 Å². The molecule has 2 aliphatic rings. The molecule has 0 radical (unpaired) electrons. The van der Waals surface area contributed by atoms with Crippen LogP contribution >= 0.6 is 0 Å². The van der Waals surface area contributed by atoms with Gasteiger partial charge in [0, 0.05) is 18.4 Å². The Balaban J connectivity index is 1.98. The van der Waals surface area contributed by atoms with E-state index in [4.69, 9.17) is 0 Å². The lowest BCUT2D eigenvalue weighted by Crippen LogP contribution is -2.32. The van der Waals surface area contributed by atoms with Gasteiger partial charge in [0.25, 0.3) is 5.92 Å². The maximum Gasteiger partial charge on any atom is 0.254 e. The summed E-state index contributed by atoms with van der Waals surface area (Å²) in [4.78, 5) is 2.00. The fourth-order valence-electron chi connectivity index (χ4n) is 2.05. The molecule has 70 valence electrons. The van der Waals surface area contributed by atoms with E-state index in [1.165, 1.54) is 0 Å². The molecule has 1 aliphatic carbocycles. The number of halogens is 2. The molecule has 1 heterocycles. The van der Waals surface area contributed by atoms with Gasteiger partial charge >= 0.3 is 0 Å². The van der Waals surface area contributed by atoms with Crippen molar-refractivity contribution in [3.8, 4) is 0 Å². The Morgan fingerprint density at radius 1 is 1.17 bits per heavy atom. The first kappa shape index (κ1) is 8.42. The summed E-state index contributed by atoms with van der Waals surface area (Å²) in [6.07, 6.45) is 2.17. The zero-order chi connectivity index (χ0) is 8.77. The van der Waals surface area contributed by atoms with E-state index in [2.05, 4.69) is 0 Å². The van der Waals surface area contributed by atoms with E-state index in [1.54, 1.807) is 0 Å². The molecule has 12 heavy (non-hydrogen) atoms. The molecule has 0 N–H and O–H groups in total. The Morgan fingerprint density at radius 2 is 1.83 bits per heavy atom. The van der Waals surface area contributed by atoms with Crippen LogP contribution in [0.25, 0.3) is 0 Å². The number of hydrogen-bond acceptors (Lipinski definition) is 1. The minimum Gasteiger partial charge on any atom is -0.306 e. The highest BCUT2D eigenvalue weighted by molar-refractivity contribution is 4.95. The van der Waals surface area contributed by atoms with Crippen LogP contribution in [0.15, 0.2) is 0 Å². The summed E-state index contributed by atoms with van der Waals surface area (Å²) in [7, 11) is 1.92. The van der Waals surface area contributed by atoms with Gasteiger partial charge < -0.3 is 4.90 Å². The van der Waals surface area contributed by atoms with Crippen LogP contribution in [0, 0.1) is 11.8 Å². The van der Waals surface area contributed by atoms with Crippen LogP contribution in [0.3, 0.4) is 0 Å². The van der Waals surface area contributed by atoms with Gasteiger partial charge in [-0.2, -0.15) is 0 Å². The summed E-state index contributed by atoms with van der Waals surface area (Å²) in [5.41, 5.74) is 0. The van der Waals surface area contributed by atoms with Gasteiger partial charge in [-0.15, -0.1) is 0 Å². The molecule has 3 heteroatoms. The molecule has 0 spiro atoms. The number of likely N-dealkylation sites (tertiary alicyclic amines) is 1. The predicted molar refractivity (Wildman–Crippen MR) is 43.3 cm³/mol. The molecule has 2 rings (SSSR count). The summed E-state index contributed by atoms with van der Waals surface area (Å²) >= 11 is 0. The third-order valence-electron chi connectivity index (χ3n) is 3.06. The number of rotatable bonds is 2. The maximum atomic E-state index is 13.5. The molecular weight excluding hydrogens is 160 g/mol. The molecule has 1 saturated carbocycles. The summed E-state index contributed by atoms with van der Waals surface area (Å²) in [5.74, 6) is -3.02. The van der Waals surface area contributed by atoms with Gasteiger partial charge in [0.2, 0.25) is 0 Å². The first-order chi connectivity index (χ1) is 5.60. The third-order valence-corrected chi connectivity index (χ3v) is 3.06. The molecule has 1 atom stereocenters. The van der Waals surface area contributed by atoms with Gasteiger partial charge in [-0.25, -0.2) is 8.78 Å². The molecule has 0 aromatic carbocycles. The lowest BCUT2D eigenvalue weighted by atomic mass is 9.97. The Morgan fingerprint density at radius 3 is 2.25 bits per heavy atom. The largest absolute Gasteiger partial charge is 0.306 e. The lowest BCUT2D eigenvalue weighted by molar-refractivity contribution is -0.0739. The van der Waals surface area contributed by atoms with Crippen LogP contribution in [0.1, 0.15) is 19.3 Å². The minimum atomic E-state index is -2.37. The van der Waals surface area contributed by atoms with Crippen molar-refractivity contribution < 1.29 is 8.78 Å². The van der Waals surface area contributed by atoms with Crippen molar-refractivity contribution in [2.24, 2.45) is 11.8 Å². The topological polar surface area (TPSA) is 3.24 Å². The fourth-order valence-corrected chi connectivity index (χ4v) is 2.05. The first-order valence-corrected chi connectivity index (χ1v) is 4.67. The molecule has 2 fully saturated rings. The molecule has 1 nitrogen and oxygen atoms in total. The second-order valence-corrected chi connectivity index (χ2v) is 4.20. The van der Waals surface area contributed by atoms with Crippen LogP contribution in [0.4, 0.5) is 8.78 Å². The highest BCUT2D eigenvalue weighted by Crippen LogP contribution is 2.49. The molecule has 1 saturated heterocycles. The van der Waals surface area contributed by atoms with Crippen molar-refractivity contribution in [1.82, 2.24) is 4.90 Å². The predicted octanol–water partition coefficient (Wildman–Crippen LogP) is 1.98. The van der Waals surface area contributed by atoms with Crippen molar-refractivity contribution in [3.05, 3.63) is 0 Å². The molecule has 1 aliphatic heterocycles. The van der Waals surface area contributed by atoms with E-state index in [-0.39, 0.29) is 11.8 Å². The summed E-state index contributed by atoms with van der Waals surface area (Å²) < 4.78 is 26.9. The zero-order valence-corrected chi connectivity index (χ0v) is 7.39. The molecule has 0 bridgehead atoms. The Labute approximate surface area is 71.7 Å². The van der Waals surface area contributed by atoms with Gasteiger partial charge in [-0.1, -0.05) is 0 Å². The van der Waals surface area contributed by atoms with E-state index >= 15 is 0 Å². The normalized spacial score (nSPS) is 32.8. The van der Waals surface area contributed by atoms with Crippen LogP contribution in [0.2, 0.25) is 0 Å². The Hall–Kier alpha value is -0.180. The van der Waals surface area contributed by atoms with Gasteiger partial charge in [-0.3, -0.25) is 0 Å². The quantitative estimate of drug-likeness (QED) is 0.620. The van der Waals surface area contributed by atoms with Crippen LogP contribution in [0.5, 0.6) is 0 Å². The average molecular weight is 175 g/mol. The lowest BCUT2D eigenvalue weighted by Gasteiger charge is -2.22. The van der Waals surface area contributed by atoms with Crippen LogP contribution in [-0.4, -0.2) is 31.0 Å². The van der Waals surface area contributed by atoms with Crippen molar-refractivity contribution in [2.75, 3.05) is 20.1 Å². The monoisotopic (exact) mass is 175 g/mol. The van der Waals surface area contributed by atoms with Gasteiger partial charge in [0.15, 0.2) is 0 Å². The van der Waals surface area contributed by atoms with Crippen molar-refractivity contribution in [2.45, 2.75) is 25.2 Å². The average Bonchev–Trinajstić information content (AvgIpc) is 2.75. The first-order valence-electron chi connectivity index (χ1n) is 4.67. The minimum absolute atomic E-state index is 0.283. The number of alkyl halides is 2. The summed E-state index contributed by atoms with van der Waals surface area (Å²) in [6, 6.07) is 0. The SMILES string of the molecule is CN1CCC(C(F)(F)C2CC2)C1. The van der Waals surface area contributed by atoms with E-state index in [9.17, 15) is 8.78 Å². The molecule has 0 amide bonds. The van der Waals surface area contributed by atoms with Crippen LogP contribution < -0.4 is 0 Å². The highest BCUT2D eigenvalue weighted by Gasteiger charge is 2.53. The fraction of sp³-hybridized carbons (Fsp3) is 1.00. The van der Waals surface area contributed by atoms with Gasteiger partial charge in [-0.05, 0) is 32.9 Å². The van der Waals surface area contributed by atoms with E-state index in [0.717, 1.165) is 19.4 Å². The van der Waals surface area contributed by atoms with Crippen molar-refractivity contribution in [1.29, 1.82) is 0 Å². The number of hydrogen-bond donors (Lipinski definition) is 0. The second kappa shape index (κ2) is 2.66. The highest BCUT2D eigenvalue weighted by atomic mass is 19.3. The van der Waals surface area contributed by atoms with Gasteiger partial charge in [0.1, 0.15) is 0 Å². The van der Waals surface area contributed by atoms with E-state index < -0.39 is 5.92 Å². The van der Waals surface area contributed by atoms with Crippen molar-refractivity contribution in [3.63, 3.8) is 0 Å². The maximum absolute atomic E-state index is 13.5.